The lowest BCUT2D eigenvalue weighted by Crippen LogP contribution is -2.27. The highest BCUT2D eigenvalue weighted by Gasteiger charge is 2.43. The van der Waals surface area contributed by atoms with Crippen molar-refractivity contribution in [3.63, 3.8) is 0 Å². The molecule has 1 fully saturated rings. The fourth-order valence-corrected chi connectivity index (χ4v) is 4.41. The van der Waals surface area contributed by atoms with E-state index in [2.05, 4.69) is 17.4 Å². The number of fused-ring (bicyclic) bond motifs is 1. The number of methoxy groups -OCH3 is 2. The molecule has 2 aliphatic rings. The molecule has 154 valence electrons. The second kappa shape index (κ2) is 8.33. The van der Waals surface area contributed by atoms with Crippen LogP contribution in [0.1, 0.15) is 35.6 Å². The smallest absolute Gasteiger partial charge is 0.311 e. The lowest BCUT2D eigenvalue weighted by molar-refractivity contribution is -0.148. The van der Waals surface area contributed by atoms with Crippen LogP contribution in [0.15, 0.2) is 36.4 Å². The standard InChI is InChI=1S/C23H27NO5/c1-4-28-23(25)21-17(14-5-7-18-15(11-14)9-10-29-18)13-24-22(21)16-6-8-19(26-2)20(12-16)27-3/h5-8,11-12,17,21-22,24H,4,9-10,13H2,1-3H3/t17-,21-,22+/m1/s1. The third-order valence-corrected chi connectivity index (χ3v) is 5.82. The highest BCUT2D eigenvalue weighted by molar-refractivity contribution is 5.76. The zero-order chi connectivity index (χ0) is 20.4. The molecule has 1 saturated heterocycles. The second-order valence-electron chi connectivity index (χ2n) is 7.35. The molecule has 4 rings (SSSR count). The molecule has 0 aliphatic carbocycles. The molecule has 0 unspecified atom stereocenters. The van der Waals surface area contributed by atoms with Gasteiger partial charge in [0, 0.05) is 24.9 Å². The van der Waals surface area contributed by atoms with E-state index in [1.807, 2.05) is 31.2 Å². The maximum atomic E-state index is 13.0. The Morgan fingerprint density at radius 2 is 1.90 bits per heavy atom. The fourth-order valence-electron chi connectivity index (χ4n) is 4.41. The van der Waals surface area contributed by atoms with Gasteiger partial charge in [-0.15, -0.1) is 0 Å². The van der Waals surface area contributed by atoms with Gasteiger partial charge in [0.2, 0.25) is 0 Å². The van der Waals surface area contributed by atoms with Crippen molar-refractivity contribution in [1.29, 1.82) is 0 Å². The molecule has 2 aliphatic heterocycles. The summed E-state index contributed by atoms with van der Waals surface area (Å²) < 4.78 is 21.9. The van der Waals surface area contributed by atoms with Gasteiger partial charge in [0.25, 0.3) is 0 Å². The summed E-state index contributed by atoms with van der Waals surface area (Å²) in [6.45, 7) is 3.62. The van der Waals surface area contributed by atoms with Crippen LogP contribution in [0, 0.1) is 5.92 Å². The summed E-state index contributed by atoms with van der Waals surface area (Å²) in [5.41, 5.74) is 3.33. The molecule has 0 amide bonds. The molecule has 0 bridgehead atoms. The first-order valence-corrected chi connectivity index (χ1v) is 10.0. The Labute approximate surface area is 171 Å². The van der Waals surface area contributed by atoms with E-state index in [0.717, 1.165) is 29.9 Å². The Morgan fingerprint density at radius 3 is 2.66 bits per heavy atom. The van der Waals surface area contributed by atoms with Crippen LogP contribution in [0.2, 0.25) is 0 Å². The van der Waals surface area contributed by atoms with Gasteiger partial charge in [-0.3, -0.25) is 4.79 Å². The molecule has 0 aromatic heterocycles. The van der Waals surface area contributed by atoms with Crippen molar-refractivity contribution in [3.05, 3.63) is 53.1 Å². The minimum absolute atomic E-state index is 0.0260. The third-order valence-electron chi connectivity index (χ3n) is 5.82. The van der Waals surface area contributed by atoms with Gasteiger partial charge < -0.3 is 24.3 Å². The Kier molecular flexibility index (Phi) is 5.62. The van der Waals surface area contributed by atoms with Crippen LogP contribution in [-0.4, -0.2) is 39.9 Å². The van der Waals surface area contributed by atoms with Crippen LogP contribution in [0.3, 0.4) is 0 Å². The summed E-state index contributed by atoms with van der Waals surface area (Å²) in [6.07, 6.45) is 0.909. The Morgan fingerprint density at radius 1 is 1.10 bits per heavy atom. The average molecular weight is 397 g/mol. The van der Waals surface area contributed by atoms with E-state index < -0.39 is 0 Å². The average Bonchev–Trinajstić information content (AvgIpc) is 3.39. The first kappa shape index (κ1) is 19.6. The van der Waals surface area contributed by atoms with Crippen LogP contribution in [0.4, 0.5) is 0 Å². The van der Waals surface area contributed by atoms with Gasteiger partial charge in [0.1, 0.15) is 5.75 Å². The van der Waals surface area contributed by atoms with Crippen molar-refractivity contribution in [3.8, 4) is 17.2 Å². The van der Waals surface area contributed by atoms with Crippen molar-refractivity contribution < 1.29 is 23.7 Å². The quantitative estimate of drug-likeness (QED) is 0.755. The van der Waals surface area contributed by atoms with Gasteiger partial charge in [-0.25, -0.2) is 0 Å². The Balaban J connectivity index is 1.69. The predicted molar refractivity (Wildman–Crippen MR) is 109 cm³/mol. The van der Waals surface area contributed by atoms with Gasteiger partial charge in [-0.05, 0) is 41.8 Å². The summed E-state index contributed by atoms with van der Waals surface area (Å²) >= 11 is 0. The maximum Gasteiger partial charge on any atom is 0.311 e. The van der Waals surface area contributed by atoms with Gasteiger partial charge in [-0.1, -0.05) is 18.2 Å². The minimum atomic E-state index is -0.326. The molecule has 3 atom stereocenters. The molecule has 2 heterocycles. The van der Waals surface area contributed by atoms with Gasteiger partial charge in [0.15, 0.2) is 11.5 Å². The summed E-state index contributed by atoms with van der Waals surface area (Å²) in [7, 11) is 3.22. The Bertz CT molecular complexity index is 897. The zero-order valence-electron chi connectivity index (χ0n) is 17.1. The van der Waals surface area contributed by atoms with E-state index in [1.54, 1.807) is 14.2 Å². The zero-order valence-corrected chi connectivity index (χ0v) is 17.1. The van der Waals surface area contributed by atoms with Crippen LogP contribution < -0.4 is 19.5 Å². The van der Waals surface area contributed by atoms with E-state index in [9.17, 15) is 4.79 Å². The number of ether oxygens (including phenoxy) is 4. The van der Waals surface area contributed by atoms with Crippen LogP contribution in [0.25, 0.3) is 0 Å². The number of rotatable bonds is 6. The van der Waals surface area contributed by atoms with Crippen molar-refractivity contribution in [2.24, 2.45) is 5.92 Å². The lowest BCUT2D eigenvalue weighted by atomic mass is 9.82. The number of nitrogens with one attached hydrogen (secondary N) is 1. The van der Waals surface area contributed by atoms with Crippen molar-refractivity contribution in [2.45, 2.75) is 25.3 Å². The summed E-state index contributed by atoms with van der Waals surface area (Å²) in [5, 5.41) is 3.54. The molecule has 0 saturated carbocycles. The molecule has 6 heteroatoms. The molecule has 0 spiro atoms. The molecule has 2 aromatic rings. The number of carbonyl (C=O) groups is 1. The molecule has 29 heavy (non-hydrogen) atoms. The number of carbonyl (C=O) groups excluding carboxylic acids is 1. The predicted octanol–water partition coefficient (Wildman–Crippen LogP) is 3.25. The van der Waals surface area contributed by atoms with Crippen molar-refractivity contribution in [2.75, 3.05) is 34.0 Å². The van der Waals surface area contributed by atoms with E-state index >= 15 is 0 Å². The minimum Gasteiger partial charge on any atom is -0.493 e. The molecular weight excluding hydrogens is 370 g/mol. The fraction of sp³-hybridized carbons (Fsp3) is 0.435. The summed E-state index contributed by atoms with van der Waals surface area (Å²) in [5.74, 6) is 1.78. The monoisotopic (exact) mass is 397 g/mol. The number of benzene rings is 2. The van der Waals surface area contributed by atoms with Crippen molar-refractivity contribution in [1.82, 2.24) is 5.32 Å². The summed E-state index contributed by atoms with van der Waals surface area (Å²) in [4.78, 5) is 13.0. The maximum absolute atomic E-state index is 13.0. The molecular formula is C23H27NO5. The van der Waals surface area contributed by atoms with E-state index in [4.69, 9.17) is 18.9 Å². The normalized spacial score (nSPS) is 22.7. The lowest BCUT2D eigenvalue weighted by Gasteiger charge is -2.24. The highest BCUT2D eigenvalue weighted by Crippen LogP contribution is 2.43. The molecule has 2 aromatic carbocycles. The van der Waals surface area contributed by atoms with Crippen LogP contribution >= 0.6 is 0 Å². The second-order valence-corrected chi connectivity index (χ2v) is 7.35. The van der Waals surface area contributed by atoms with Gasteiger partial charge in [0.05, 0.1) is 33.4 Å². The molecule has 1 N–H and O–H groups in total. The van der Waals surface area contributed by atoms with Crippen LogP contribution in [-0.2, 0) is 16.0 Å². The number of esters is 1. The van der Waals surface area contributed by atoms with E-state index in [-0.39, 0.29) is 23.8 Å². The Hall–Kier alpha value is -2.73. The third kappa shape index (κ3) is 3.65. The number of hydrogen-bond donors (Lipinski definition) is 1. The SMILES string of the molecule is CCOC(=O)[C@@H]1[C@@H](c2ccc3c(c2)CCO3)CN[C@H]1c1ccc(OC)c(OC)c1. The van der Waals surface area contributed by atoms with Crippen LogP contribution in [0.5, 0.6) is 17.2 Å². The van der Waals surface area contributed by atoms with Gasteiger partial charge >= 0.3 is 5.97 Å². The van der Waals surface area contributed by atoms with E-state index in [0.29, 0.717) is 24.7 Å². The first-order valence-electron chi connectivity index (χ1n) is 10.0. The highest BCUT2D eigenvalue weighted by atomic mass is 16.5. The molecule has 0 radical (unpaired) electrons. The van der Waals surface area contributed by atoms with Crippen molar-refractivity contribution >= 4 is 5.97 Å². The van der Waals surface area contributed by atoms with Gasteiger partial charge in [-0.2, -0.15) is 0 Å². The number of hydrogen-bond acceptors (Lipinski definition) is 6. The molecule has 6 nitrogen and oxygen atoms in total. The van der Waals surface area contributed by atoms with E-state index in [1.165, 1.54) is 5.56 Å². The first-order chi connectivity index (χ1) is 14.2. The largest absolute Gasteiger partial charge is 0.493 e. The summed E-state index contributed by atoms with van der Waals surface area (Å²) in [6, 6.07) is 11.9. The topological polar surface area (TPSA) is 66.0 Å².